The third-order valence-electron chi connectivity index (χ3n) is 1.48. The zero-order chi connectivity index (χ0) is 8.91. The van der Waals surface area contributed by atoms with Crippen LogP contribution in [-0.4, -0.2) is 30.6 Å². The van der Waals surface area contributed by atoms with Crippen molar-refractivity contribution in [2.45, 2.75) is 18.9 Å². The Morgan fingerprint density at radius 3 is 2.64 bits per heavy atom. The van der Waals surface area contributed by atoms with Crippen molar-refractivity contribution in [2.24, 2.45) is 5.73 Å². The van der Waals surface area contributed by atoms with Gasteiger partial charge in [-0.2, -0.15) is 11.8 Å². The van der Waals surface area contributed by atoms with Crippen LogP contribution in [0.2, 0.25) is 0 Å². The van der Waals surface area contributed by atoms with Gasteiger partial charge in [0, 0.05) is 0 Å². The normalized spacial score (nSPS) is 15.6. The van der Waals surface area contributed by atoms with E-state index in [1.54, 1.807) is 18.7 Å². The fraction of sp³-hybridized carbons (Fsp3) is 0.857. The van der Waals surface area contributed by atoms with Crippen molar-refractivity contribution in [2.75, 3.05) is 19.1 Å². The second kappa shape index (κ2) is 4.62. The molecule has 2 N–H and O–H groups in total. The fourth-order valence-electron chi connectivity index (χ4n) is 0.649. The molecule has 0 radical (unpaired) electrons. The minimum Gasteiger partial charge on any atom is -0.468 e. The van der Waals surface area contributed by atoms with Crippen molar-refractivity contribution < 1.29 is 9.53 Å². The van der Waals surface area contributed by atoms with Gasteiger partial charge in [0.15, 0.2) is 0 Å². The van der Waals surface area contributed by atoms with Crippen LogP contribution in [-0.2, 0) is 9.53 Å². The first-order valence-corrected chi connectivity index (χ1v) is 4.80. The van der Waals surface area contributed by atoms with Gasteiger partial charge in [0.2, 0.25) is 0 Å². The Hall–Kier alpha value is -0.220. The molecule has 0 saturated carbocycles. The van der Waals surface area contributed by atoms with Crippen LogP contribution < -0.4 is 5.73 Å². The quantitative estimate of drug-likeness (QED) is 0.640. The van der Waals surface area contributed by atoms with Crippen LogP contribution in [0.15, 0.2) is 0 Å². The second-order valence-electron chi connectivity index (χ2n) is 2.65. The summed E-state index contributed by atoms with van der Waals surface area (Å²) >= 11 is 1.67. The summed E-state index contributed by atoms with van der Waals surface area (Å²) < 4.78 is 4.54. The number of carbonyl (C=O) groups is 1. The van der Waals surface area contributed by atoms with E-state index in [1.165, 1.54) is 7.11 Å². The van der Waals surface area contributed by atoms with Gasteiger partial charge in [-0.15, -0.1) is 0 Å². The lowest BCUT2D eigenvalue weighted by atomic mass is 10.0. The van der Waals surface area contributed by atoms with E-state index in [4.69, 9.17) is 5.73 Å². The highest BCUT2D eigenvalue weighted by Crippen LogP contribution is 2.10. The molecule has 0 aromatic heterocycles. The Morgan fingerprint density at radius 2 is 2.27 bits per heavy atom. The number of ether oxygens (including phenoxy) is 1. The zero-order valence-electron chi connectivity index (χ0n) is 7.22. The summed E-state index contributed by atoms with van der Waals surface area (Å²) in [5.74, 6) is 0.536. The Balaban J connectivity index is 3.88. The molecule has 0 saturated heterocycles. The molecule has 66 valence electrons. The van der Waals surface area contributed by atoms with Gasteiger partial charge >= 0.3 is 5.97 Å². The molecular formula is C7H15NO2S. The zero-order valence-corrected chi connectivity index (χ0v) is 8.03. The number of thioether (sulfide) groups is 1. The second-order valence-corrected chi connectivity index (χ2v) is 3.64. The molecule has 0 aliphatic heterocycles. The maximum atomic E-state index is 11.0. The van der Waals surface area contributed by atoms with Gasteiger partial charge in [-0.3, -0.25) is 4.79 Å². The summed E-state index contributed by atoms with van der Waals surface area (Å²) in [6.45, 7) is 1.69. The summed E-state index contributed by atoms with van der Waals surface area (Å²) in [5.41, 5.74) is 4.85. The molecule has 1 atom stereocenters. The van der Waals surface area contributed by atoms with Crippen LogP contribution >= 0.6 is 11.8 Å². The van der Waals surface area contributed by atoms with Crippen LogP contribution in [0.1, 0.15) is 13.3 Å². The van der Waals surface area contributed by atoms with Crippen LogP contribution in [0.4, 0.5) is 0 Å². The van der Waals surface area contributed by atoms with Gasteiger partial charge in [-0.1, -0.05) is 0 Å². The van der Waals surface area contributed by atoms with Crippen LogP contribution in [0.5, 0.6) is 0 Å². The molecule has 0 aliphatic rings. The summed E-state index contributed by atoms with van der Waals surface area (Å²) in [7, 11) is 1.35. The lowest BCUT2D eigenvalue weighted by molar-refractivity contribution is -0.146. The Morgan fingerprint density at radius 1 is 1.73 bits per heavy atom. The highest BCUT2D eigenvalue weighted by Gasteiger charge is 2.28. The van der Waals surface area contributed by atoms with Crippen LogP contribution in [0.3, 0.4) is 0 Å². The summed E-state index contributed by atoms with van der Waals surface area (Å²) in [6, 6.07) is 0. The van der Waals surface area contributed by atoms with Gasteiger partial charge in [-0.25, -0.2) is 0 Å². The van der Waals surface area contributed by atoms with E-state index < -0.39 is 5.54 Å². The molecule has 11 heavy (non-hydrogen) atoms. The minimum absolute atomic E-state index is 0.341. The smallest absolute Gasteiger partial charge is 0.325 e. The molecule has 0 unspecified atom stereocenters. The van der Waals surface area contributed by atoms with Crippen LogP contribution in [0, 0.1) is 0 Å². The number of nitrogens with two attached hydrogens (primary N) is 1. The van der Waals surface area contributed by atoms with Gasteiger partial charge in [0.25, 0.3) is 0 Å². The standard InChI is InChI=1S/C7H15NO2S/c1-7(8,4-5-11-3)6(9)10-2/h4-5,8H2,1-3H3/t7-/m1/s1. The first-order valence-electron chi connectivity index (χ1n) is 3.41. The van der Waals surface area contributed by atoms with E-state index in [0.29, 0.717) is 6.42 Å². The number of hydrogen-bond acceptors (Lipinski definition) is 4. The lowest BCUT2D eigenvalue weighted by Gasteiger charge is -2.20. The molecular weight excluding hydrogens is 162 g/mol. The third-order valence-corrected chi connectivity index (χ3v) is 2.09. The summed E-state index contributed by atoms with van der Waals surface area (Å²) in [6.07, 6.45) is 2.63. The van der Waals surface area contributed by atoms with Crippen molar-refractivity contribution in [3.8, 4) is 0 Å². The number of methoxy groups -OCH3 is 1. The van der Waals surface area contributed by atoms with E-state index in [-0.39, 0.29) is 5.97 Å². The number of rotatable bonds is 4. The average molecular weight is 177 g/mol. The molecule has 0 amide bonds. The molecule has 0 rings (SSSR count). The molecule has 0 aromatic rings. The molecule has 0 aromatic carbocycles. The molecule has 0 heterocycles. The molecule has 0 fully saturated rings. The SMILES string of the molecule is COC(=O)[C@](C)(N)CCSC. The highest BCUT2D eigenvalue weighted by atomic mass is 32.2. The van der Waals surface area contributed by atoms with Crippen LogP contribution in [0.25, 0.3) is 0 Å². The van der Waals surface area contributed by atoms with E-state index in [9.17, 15) is 4.79 Å². The molecule has 0 spiro atoms. The Kier molecular flexibility index (Phi) is 4.52. The van der Waals surface area contributed by atoms with Crippen molar-refractivity contribution in [1.82, 2.24) is 0 Å². The summed E-state index contributed by atoms with van der Waals surface area (Å²) in [4.78, 5) is 11.0. The first-order chi connectivity index (χ1) is 5.04. The van der Waals surface area contributed by atoms with Gasteiger partial charge < -0.3 is 10.5 Å². The van der Waals surface area contributed by atoms with Crippen molar-refractivity contribution in [1.29, 1.82) is 0 Å². The predicted molar refractivity (Wildman–Crippen MR) is 47.6 cm³/mol. The molecule has 3 nitrogen and oxygen atoms in total. The summed E-state index contributed by atoms with van der Waals surface area (Å²) in [5, 5.41) is 0. The number of carbonyl (C=O) groups excluding carboxylic acids is 1. The average Bonchev–Trinajstić information content (AvgIpc) is 1.99. The van der Waals surface area contributed by atoms with Crippen molar-refractivity contribution >= 4 is 17.7 Å². The maximum absolute atomic E-state index is 11.0. The lowest BCUT2D eigenvalue weighted by Crippen LogP contribution is -2.46. The van der Waals surface area contributed by atoms with E-state index in [0.717, 1.165) is 5.75 Å². The molecule has 4 heteroatoms. The molecule has 0 bridgehead atoms. The van der Waals surface area contributed by atoms with E-state index in [1.807, 2.05) is 6.26 Å². The Bertz CT molecular complexity index is 136. The first kappa shape index (κ1) is 10.8. The maximum Gasteiger partial charge on any atom is 0.325 e. The number of esters is 1. The Labute approximate surface area is 71.7 Å². The van der Waals surface area contributed by atoms with Crippen molar-refractivity contribution in [3.63, 3.8) is 0 Å². The highest BCUT2D eigenvalue weighted by molar-refractivity contribution is 7.98. The fourth-order valence-corrected chi connectivity index (χ4v) is 1.28. The minimum atomic E-state index is -0.822. The van der Waals surface area contributed by atoms with Gasteiger partial charge in [0.1, 0.15) is 5.54 Å². The van der Waals surface area contributed by atoms with E-state index in [2.05, 4.69) is 4.74 Å². The molecule has 0 aliphatic carbocycles. The van der Waals surface area contributed by atoms with Gasteiger partial charge in [0.05, 0.1) is 7.11 Å². The number of hydrogen-bond donors (Lipinski definition) is 1. The largest absolute Gasteiger partial charge is 0.468 e. The van der Waals surface area contributed by atoms with Gasteiger partial charge in [-0.05, 0) is 25.4 Å². The third kappa shape index (κ3) is 3.62. The monoisotopic (exact) mass is 177 g/mol. The predicted octanol–water partition coefficient (Wildman–Crippen LogP) is 0.630. The van der Waals surface area contributed by atoms with E-state index >= 15 is 0 Å². The van der Waals surface area contributed by atoms with Crippen molar-refractivity contribution in [3.05, 3.63) is 0 Å². The topological polar surface area (TPSA) is 52.3 Å².